The number of hydrogen-bond acceptors (Lipinski definition) is 2. The van der Waals surface area contributed by atoms with E-state index in [-0.39, 0.29) is 0 Å². The monoisotopic (exact) mass is 228 g/mol. The zero-order chi connectivity index (χ0) is 11.4. The summed E-state index contributed by atoms with van der Waals surface area (Å²) in [5.74, 6) is 6.34. The highest BCUT2D eigenvalue weighted by Gasteiger charge is 1.91. The van der Waals surface area contributed by atoms with Crippen LogP contribution in [0.2, 0.25) is 5.02 Å². The molecule has 0 aliphatic carbocycles. The fourth-order valence-electron chi connectivity index (χ4n) is 1.14. The summed E-state index contributed by atoms with van der Waals surface area (Å²) in [4.78, 5) is 7.99. The molecule has 0 saturated heterocycles. The SMILES string of the molecule is Cc1ccc(C#Cc2ncc(Cl)cn2)cc1. The first kappa shape index (κ1) is 10.7. The Bertz CT molecular complexity index is 483. The topological polar surface area (TPSA) is 25.8 Å². The molecule has 0 saturated carbocycles. The highest BCUT2D eigenvalue weighted by molar-refractivity contribution is 6.30. The van der Waals surface area contributed by atoms with Crippen molar-refractivity contribution in [3.8, 4) is 11.8 Å². The van der Waals surface area contributed by atoms with Gasteiger partial charge in [0.1, 0.15) is 0 Å². The van der Waals surface area contributed by atoms with Crippen LogP contribution in [-0.4, -0.2) is 9.97 Å². The molecule has 2 aromatic rings. The molecule has 1 heterocycles. The van der Waals surface area contributed by atoms with Gasteiger partial charge in [0.2, 0.25) is 5.82 Å². The van der Waals surface area contributed by atoms with Crippen molar-refractivity contribution in [1.82, 2.24) is 9.97 Å². The Labute approximate surface area is 99.3 Å². The zero-order valence-corrected chi connectivity index (χ0v) is 9.49. The molecule has 1 aromatic heterocycles. The van der Waals surface area contributed by atoms with Crippen LogP contribution in [0, 0.1) is 18.8 Å². The summed E-state index contributed by atoms with van der Waals surface area (Å²) in [5, 5.41) is 0.515. The van der Waals surface area contributed by atoms with Crippen molar-refractivity contribution in [2.45, 2.75) is 6.92 Å². The van der Waals surface area contributed by atoms with E-state index in [4.69, 9.17) is 11.6 Å². The molecule has 78 valence electrons. The van der Waals surface area contributed by atoms with E-state index < -0.39 is 0 Å². The average Bonchev–Trinajstić information content (AvgIpc) is 2.30. The van der Waals surface area contributed by atoms with E-state index >= 15 is 0 Å². The van der Waals surface area contributed by atoms with Crippen LogP contribution in [0.15, 0.2) is 36.7 Å². The Morgan fingerprint density at radius 1 is 1.00 bits per heavy atom. The fraction of sp³-hybridized carbons (Fsp3) is 0.0769. The molecule has 0 bridgehead atoms. The summed E-state index contributed by atoms with van der Waals surface area (Å²) < 4.78 is 0. The van der Waals surface area contributed by atoms with E-state index in [0.717, 1.165) is 5.56 Å². The summed E-state index contributed by atoms with van der Waals surface area (Å²) in [6, 6.07) is 7.98. The molecule has 16 heavy (non-hydrogen) atoms. The van der Waals surface area contributed by atoms with Crippen LogP contribution in [0.1, 0.15) is 17.0 Å². The maximum Gasteiger partial charge on any atom is 0.205 e. The Balaban J connectivity index is 2.21. The number of aryl methyl sites for hydroxylation is 1. The Morgan fingerprint density at radius 2 is 1.62 bits per heavy atom. The van der Waals surface area contributed by atoms with Gasteiger partial charge in [-0.3, -0.25) is 0 Å². The maximum atomic E-state index is 5.67. The van der Waals surface area contributed by atoms with Gasteiger partial charge in [0.15, 0.2) is 0 Å². The number of nitrogens with zero attached hydrogens (tertiary/aromatic N) is 2. The largest absolute Gasteiger partial charge is 0.228 e. The molecular weight excluding hydrogens is 220 g/mol. The zero-order valence-electron chi connectivity index (χ0n) is 8.74. The Kier molecular flexibility index (Phi) is 3.19. The van der Waals surface area contributed by atoms with Gasteiger partial charge in [0, 0.05) is 5.56 Å². The van der Waals surface area contributed by atoms with Crippen LogP contribution < -0.4 is 0 Å². The number of rotatable bonds is 0. The predicted octanol–water partition coefficient (Wildman–Crippen LogP) is 2.84. The normalized spacial score (nSPS) is 9.38. The van der Waals surface area contributed by atoms with Crippen LogP contribution in [0.25, 0.3) is 0 Å². The summed E-state index contributed by atoms with van der Waals surface area (Å²) in [5.41, 5.74) is 2.16. The van der Waals surface area contributed by atoms with Gasteiger partial charge in [0.25, 0.3) is 0 Å². The summed E-state index contributed by atoms with van der Waals surface area (Å²) in [6.45, 7) is 2.04. The van der Waals surface area contributed by atoms with E-state index in [1.54, 1.807) is 0 Å². The number of halogens is 1. The van der Waals surface area contributed by atoms with E-state index in [0.29, 0.717) is 10.8 Å². The van der Waals surface area contributed by atoms with Crippen LogP contribution in [-0.2, 0) is 0 Å². The van der Waals surface area contributed by atoms with E-state index in [9.17, 15) is 0 Å². The summed E-state index contributed by atoms with van der Waals surface area (Å²) in [6.07, 6.45) is 3.07. The molecule has 0 amide bonds. The van der Waals surface area contributed by atoms with Crippen molar-refractivity contribution in [3.05, 3.63) is 58.6 Å². The smallest absolute Gasteiger partial charge is 0.205 e. The van der Waals surface area contributed by atoms with Gasteiger partial charge in [-0.2, -0.15) is 0 Å². The van der Waals surface area contributed by atoms with Crippen molar-refractivity contribution in [1.29, 1.82) is 0 Å². The molecule has 0 radical (unpaired) electrons. The van der Waals surface area contributed by atoms with Crippen LogP contribution in [0.4, 0.5) is 0 Å². The van der Waals surface area contributed by atoms with Gasteiger partial charge >= 0.3 is 0 Å². The molecule has 0 aliphatic heterocycles. The van der Waals surface area contributed by atoms with E-state index in [1.807, 2.05) is 31.2 Å². The second-order valence-electron chi connectivity index (χ2n) is 3.34. The van der Waals surface area contributed by atoms with Crippen molar-refractivity contribution >= 4 is 11.6 Å². The van der Waals surface area contributed by atoms with Crippen molar-refractivity contribution in [2.75, 3.05) is 0 Å². The van der Waals surface area contributed by atoms with Gasteiger partial charge in [-0.15, -0.1) is 0 Å². The lowest BCUT2D eigenvalue weighted by Crippen LogP contribution is -1.86. The van der Waals surface area contributed by atoms with Crippen LogP contribution in [0.3, 0.4) is 0 Å². The van der Waals surface area contributed by atoms with Crippen molar-refractivity contribution in [2.24, 2.45) is 0 Å². The number of aromatic nitrogens is 2. The van der Waals surface area contributed by atoms with Crippen LogP contribution in [0.5, 0.6) is 0 Å². The molecule has 0 atom stereocenters. The van der Waals surface area contributed by atoms with Gasteiger partial charge in [-0.1, -0.05) is 35.2 Å². The first-order valence-corrected chi connectivity index (χ1v) is 5.18. The summed E-state index contributed by atoms with van der Waals surface area (Å²) in [7, 11) is 0. The third-order valence-corrected chi connectivity index (χ3v) is 2.19. The third-order valence-electron chi connectivity index (χ3n) is 1.99. The highest BCUT2D eigenvalue weighted by Crippen LogP contribution is 2.03. The second-order valence-corrected chi connectivity index (χ2v) is 3.78. The Morgan fingerprint density at radius 3 is 2.25 bits per heavy atom. The molecule has 0 fully saturated rings. The minimum atomic E-state index is 0.477. The van der Waals surface area contributed by atoms with E-state index in [2.05, 4.69) is 21.8 Å². The number of benzene rings is 1. The molecule has 0 aliphatic rings. The molecular formula is C13H9ClN2. The van der Waals surface area contributed by atoms with Crippen LogP contribution >= 0.6 is 11.6 Å². The molecule has 2 rings (SSSR count). The predicted molar refractivity (Wildman–Crippen MR) is 64.2 cm³/mol. The molecule has 0 unspecified atom stereocenters. The Hall–Kier alpha value is -1.85. The molecule has 0 N–H and O–H groups in total. The van der Waals surface area contributed by atoms with Gasteiger partial charge in [-0.25, -0.2) is 9.97 Å². The minimum Gasteiger partial charge on any atom is -0.228 e. The first-order chi connectivity index (χ1) is 7.74. The highest BCUT2D eigenvalue weighted by atomic mass is 35.5. The third kappa shape index (κ3) is 2.82. The van der Waals surface area contributed by atoms with E-state index in [1.165, 1.54) is 18.0 Å². The molecule has 3 heteroatoms. The lowest BCUT2D eigenvalue weighted by Gasteiger charge is -1.91. The van der Waals surface area contributed by atoms with Gasteiger partial charge in [0.05, 0.1) is 17.4 Å². The molecule has 2 nitrogen and oxygen atoms in total. The molecule has 1 aromatic carbocycles. The fourth-order valence-corrected chi connectivity index (χ4v) is 1.24. The first-order valence-electron chi connectivity index (χ1n) is 4.80. The standard InChI is InChI=1S/C13H9ClN2/c1-10-2-4-11(5-3-10)6-7-13-15-8-12(14)9-16-13/h2-5,8-9H,1H3. The van der Waals surface area contributed by atoms with Gasteiger partial charge < -0.3 is 0 Å². The average molecular weight is 229 g/mol. The van der Waals surface area contributed by atoms with Crippen molar-refractivity contribution in [3.63, 3.8) is 0 Å². The second kappa shape index (κ2) is 4.78. The van der Waals surface area contributed by atoms with Crippen molar-refractivity contribution < 1.29 is 0 Å². The quantitative estimate of drug-likeness (QED) is 0.648. The lowest BCUT2D eigenvalue weighted by molar-refractivity contribution is 1.13. The minimum absolute atomic E-state index is 0.477. The molecule has 0 spiro atoms. The number of hydrogen-bond donors (Lipinski definition) is 0. The lowest BCUT2D eigenvalue weighted by atomic mass is 10.1. The van der Waals surface area contributed by atoms with Gasteiger partial charge in [-0.05, 0) is 25.0 Å². The maximum absolute atomic E-state index is 5.67. The summed E-state index contributed by atoms with van der Waals surface area (Å²) >= 11 is 5.67.